The zero-order valence-electron chi connectivity index (χ0n) is 13.5. The van der Waals surface area contributed by atoms with E-state index in [1.54, 1.807) is 0 Å². The molecule has 1 fully saturated rings. The Bertz CT molecular complexity index is 321. The Balaban J connectivity index is 2.43. The molecule has 0 saturated carbocycles. The number of carbonyl (C=O) groups is 2. The molecule has 5 heteroatoms. The largest absolute Gasteiger partial charge is 0.450 e. The molecule has 0 aromatic rings. The number of carbonyl (C=O) groups excluding carboxylic acids is 2. The first-order valence-corrected chi connectivity index (χ1v) is 8.41. The van der Waals surface area contributed by atoms with Crippen LogP contribution in [0.3, 0.4) is 0 Å². The number of hydrogen-bond acceptors (Lipinski definition) is 3. The lowest BCUT2D eigenvalue weighted by Gasteiger charge is -2.24. The quantitative estimate of drug-likeness (QED) is 0.701. The number of ether oxygens (including phenoxy) is 1. The summed E-state index contributed by atoms with van der Waals surface area (Å²) in [6.45, 7) is 6.23. The minimum atomic E-state index is -0.461. The van der Waals surface area contributed by atoms with Gasteiger partial charge >= 0.3 is 6.09 Å². The predicted molar refractivity (Wildman–Crippen MR) is 83.1 cm³/mol. The average molecular weight is 298 g/mol. The summed E-state index contributed by atoms with van der Waals surface area (Å²) < 4.78 is 5.09. The third kappa shape index (κ3) is 6.82. The molecule has 0 aliphatic carbocycles. The first-order chi connectivity index (χ1) is 10.2. The van der Waals surface area contributed by atoms with Gasteiger partial charge in [-0.3, -0.25) is 4.79 Å². The summed E-state index contributed by atoms with van der Waals surface area (Å²) >= 11 is 0. The van der Waals surface area contributed by atoms with E-state index in [4.69, 9.17) is 4.74 Å². The second-order valence-electron chi connectivity index (χ2n) is 5.71. The molecule has 1 rings (SSSR count). The number of nitrogens with zero attached hydrogens (tertiary/aromatic N) is 1. The third-order valence-corrected chi connectivity index (χ3v) is 3.84. The van der Waals surface area contributed by atoms with Gasteiger partial charge in [0.05, 0.1) is 6.61 Å². The van der Waals surface area contributed by atoms with Crippen molar-refractivity contribution in [2.24, 2.45) is 0 Å². The van der Waals surface area contributed by atoms with Crippen molar-refractivity contribution in [3.63, 3.8) is 0 Å². The molecule has 122 valence electrons. The highest BCUT2D eigenvalue weighted by molar-refractivity contribution is 5.85. The van der Waals surface area contributed by atoms with Crippen LogP contribution in [-0.2, 0) is 9.53 Å². The molecule has 1 atom stereocenters. The number of amides is 2. The second kappa shape index (κ2) is 10.5. The van der Waals surface area contributed by atoms with Gasteiger partial charge in [0, 0.05) is 13.1 Å². The van der Waals surface area contributed by atoms with Gasteiger partial charge in [-0.1, -0.05) is 33.1 Å². The minimum absolute atomic E-state index is 0.0519. The molecular formula is C16H30N2O3. The van der Waals surface area contributed by atoms with Gasteiger partial charge in [0.2, 0.25) is 5.91 Å². The van der Waals surface area contributed by atoms with E-state index in [2.05, 4.69) is 12.2 Å². The maximum absolute atomic E-state index is 12.5. The molecule has 1 aliphatic heterocycles. The summed E-state index contributed by atoms with van der Waals surface area (Å²) in [7, 11) is 0. The molecule has 2 amide bonds. The van der Waals surface area contributed by atoms with Crippen molar-refractivity contribution < 1.29 is 14.3 Å². The number of hydrogen-bond donors (Lipinski definition) is 1. The Morgan fingerprint density at radius 1 is 1.24 bits per heavy atom. The number of rotatable bonds is 8. The molecule has 0 aromatic heterocycles. The van der Waals surface area contributed by atoms with E-state index in [0.29, 0.717) is 13.0 Å². The second-order valence-corrected chi connectivity index (χ2v) is 5.71. The van der Waals surface area contributed by atoms with E-state index in [1.165, 1.54) is 0 Å². The van der Waals surface area contributed by atoms with E-state index in [-0.39, 0.29) is 5.91 Å². The number of likely N-dealkylation sites (tertiary alicyclic amines) is 1. The fraction of sp³-hybridized carbons (Fsp3) is 0.875. The maximum atomic E-state index is 12.5. The van der Waals surface area contributed by atoms with Gasteiger partial charge in [0.25, 0.3) is 0 Å². The van der Waals surface area contributed by atoms with Gasteiger partial charge in [-0.25, -0.2) is 4.79 Å². The summed E-state index contributed by atoms with van der Waals surface area (Å²) in [6.07, 6.45) is 7.40. The van der Waals surface area contributed by atoms with Gasteiger partial charge in [-0.05, 0) is 32.1 Å². The molecule has 0 radical (unpaired) electrons. The van der Waals surface area contributed by atoms with Crippen LogP contribution in [0.1, 0.15) is 65.2 Å². The Labute approximate surface area is 128 Å². The van der Waals surface area contributed by atoms with Gasteiger partial charge in [-0.15, -0.1) is 0 Å². The van der Waals surface area contributed by atoms with Crippen LogP contribution in [0.15, 0.2) is 0 Å². The topological polar surface area (TPSA) is 58.6 Å². The van der Waals surface area contributed by atoms with Crippen molar-refractivity contribution >= 4 is 12.0 Å². The monoisotopic (exact) mass is 298 g/mol. The highest BCUT2D eigenvalue weighted by atomic mass is 16.5. The van der Waals surface area contributed by atoms with E-state index in [9.17, 15) is 9.59 Å². The van der Waals surface area contributed by atoms with E-state index in [0.717, 1.165) is 58.0 Å². The van der Waals surface area contributed by atoms with Crippen molar-refractivity contribution in [2.75, 3.05) is 19.7 Å². The summed E-state index contributed by atoms with van der Waals surface area (Å²) in [5.74, 6) is 0.0519. The van der Waals surface area contributed by atoms with Crippen LogP contribution in [0.25, 0.3) is 0 Å². The van der Waals surface area contributed by atoms with Crippen LogP contribution in [-0.4, -0.2) is 42.6 Å². The zero-order chi connectivity index (χ0) is 15.5. The SMILES string of the molecule is CCCCCN1CCCCC(NC(=O)OCCCC)C1=O. The molecule has 5 nitrogen and oxygen atoms in total. The Morgan fingerprint density at radius 2 is 2.00 bits per heavy atom. The maximum Gasteiger partial charge on any atom is 0.407 e. The van der Waals surface area contributed by atoms with Crippen LogP contribution >= 0.6 is 0 Å². The summed E-state index contributed by atoms with van der Waals surface area (Å²) in [5, 5.41) is 2.74. The van der Waals surface area contributed by atoms with Gasteiger partial charge < -0.3 is 15.0 Å². The molecule has 1 N–H and O–H groups in total. The van der Waals surface area contributed by atoms with Crippen LogP contribution in [0.4, 0.5) is 4.79 Å². The number of unbranched alkanes of at least 4 members (excludes halogenated alkanes) is 3. The van der Waals surface area contributed by atoms with Gasteiger partial charge in [0.1, 0.15) is 6.04 Å². The van der Waals surface area contributed by atoms with Crippen molar-refractivity contribution in [1.29, 1.82) is 0 Å². The van der Waals surface area contributed by atoms with Crippen molar-refractivity contribution in [3.8, 4) is 0 Å². The average Bonchev–Trinajstić information content (AvgIpc) is 2.63. The van der Waals surface area contributed by atoms with Crippen LogP contribution in [0.5, 0.6) is 0 Å². The predicted octanol–water partition coefficient (Wildman–Crippen LogP) is 3.08. The van der Waals surface area contributed by atoms with E-state index >= 15 is 0 Å². The lowest BCUT2D eigenvalue weighted by Crippen LogP contribution is -2.47. The van der Waals surface area contributed by atoms with Crippen molar-refractivity contribution in [1.82, 2.24) is 10.2 Å². The first kappa shape index (κ1) is 17.8. The van der Waals surface area contributed by atoms with Crippen LogP contribution in [0.2, 0.25) is 0 Å². The normalized spacial score (nSPS) is 19.2. The molecule has 0 spiro atoms. The lowest BCUT2D eigenvalue weighted by atomic mass is 10.1. The Morgan fingerprint density at radius 3 is 2.71 bits per heavy atom. The molecule has 0 aromatic carbocycles. The first-order valence-electron chi connectivity index (χ1n) is 8.41. The summed E-state index contributed by atoms with van der Waals surface area (Å²) in [5.41, 5.74) is 0. The fourth-order valence-corrected chi connectivity index (χ4v) is 2.51. The van der Waals surface area contributed by atoms with Gasteiger partial charge in [-0.2, -0.15) is 0 Å². The van der Waals surface area contributed by atoms with Crippen LogP contribution < -0.4 is 5.32 Å². The minimum Gasteiger partial charge on any atom is -0.450 e. The summed E-state index contributed by atoms with van der Waals surface area (Å²) in [6, 6.07) is -0.414. The Hall–Kier alpha value is -1.26. The Kier molecular flexibility index (Phi) is 8.87. The zero-order valence-corrected chi connectivity index (χ0v) is 13.5. The van der Waals surface area contributed by atoms with Crippen molar-refractivity contribution in [2.45, 2.75) is 71.3 Å². The van der Waals surface area contributed by atoms with Crippen molar-refractivity contribution in [3.05, 3.63) is 0 Å². The van der Waals surface area contributed by atoms with Gasteiger partial charge in [0.15, 0.2) is 0 Å². The molecule has 0 bridgehead atoms. The van der Waals surface area contributed by atoms with E-state index in [1.807, 2.05) is 11.8 Å². The molecule has 21 heavy (non-hydrogen) atoms. The molecule has 1 aliphatic rings. The molecule has 1 heterocycles. The number of nitrogens with one attached hydrogen (secondary N) is 1. The smallest absolute Gasteiger partial charge is 0.407 e. The van der Waals surface area contributed by atoms with E-state index < -0.39 is 12.1 Å². The lowest BCUT2D eigenvalue weighted by molar-refractivity contribution is -0.132. The third-order valence-electron chi connectivity index (χ3n) is 3.84. The summed E-state index contributed by atoms with van der Waals surface area (Å²) in [4.78, 5) is 26.1. The molecule has 1 unspecified atom stereocenters. The standard InChI is InChI=1S/C16H30N2O3/c1-3-5-8-11-18-12-9-7-10-14(15(18)19)17-16(20)21-13-6-4-2/h14H,3-13H2,1-2H3,(H,17,20). The highest BCUT2D eigenvalue weighted by Crippen LogP contribution is 2.13. The van der Waals surface area contributed by atoms with Crippen LogP contribution in [0, 0.1) is 0 Å². The molecule has 1 saturated heterocycles. The highest BCUT2D eigenvalue weighted by Gasteiger charge is 2.28. The number of alkyl carbamates (subject to hydrolysis) is 1. The fourth-order valence-electron chi connectivity index (χ4n) is 2.51. The molecular weight excluding hydrogens is 268 g/mol.